The van der Waals surface area contributed by atoms with Crippen molar-refractivity contribution in [2.24, 2.45) is 0 Å². The van der Waals surface area contributed by atoms with Gasteiger partial charge in [-0.2, -0.15) is 0 Å². The van der Waals surface area contributed by atoms with Gasteiger partial charge in [0, 0.05) is 29.2 Å². The smallest absolute Gasteiger partial charge is 0.120 e. The monoisotopic (exact) mass is 262 g/mol. The van der Waals surface area contributed by atoms with E-state index in [0.29, 0.717) is 5.75 Å². The Balaban J connectivity index is 2.01. The van der Waals surface area contributed by atoms with E-state index in [1.807, 2.05) is 38.3 Å². The van der Waals surface area contributed by atoms with Crippen molar-refractivity contribution in [1.29, 1.82) is 0 Å². The van der Waals surface area contributed by atoms with Crippen LogP contribution in [0.4, 0.5) is 0 Å². The molecule has 2 rings (SSSR count). The predicted molar refractivity (Wildman–Crippen MR) is 74.9 cm³/mol. The highest BCUT2D eigenvalue weighted by Crippen LogP contribution is 2.25. The molecule has 0 saturated carbocycles. The first kappa shape index (κ1) is 13.1. The van der Waals surface area contributed by atoms with Gasteiger partial charge in [-0.05, 0) is 32.4 Å². The standard InChI is InChI=1S/C14H18N2OS/c1-9-4-5-12(13(17)6-9)11(3)15-7-14-16-10(2)8-18-14/h4-6,8,11,15,17H,7H2,1-3H3. The van der Waals surface area contributed by atoms with Crippen molar-refractivity contribution in [1.82, 2.24) is 10.3 Å². The number of nitrogens with one attached hydrogen (secondary N) is 1. The van der Waals surface area contributed by atoms with Gasteiger partial charge < -0.3 is 10.4 Å². The number of benzene rings is 1. The molecule has 0 aliphatic carbocycles. The van der Waals surface area contributed by atoms with Crippen LogP contribution in [-0.4, -0.2) is 10.1 Å². The van der Waals surface area contributed by atoms with Gasteiger partial charge in [0.2, 0.25) is 0 Å². The number of nitrogens with zero attached hydrogens (tertiary/aromatic N) is 1. The molecule has 2 aromatic rings. The number of phenols is 1. The normalized spacial score (nSPS) is 12.6. The summed E-state index contributed by atoms with van der Waals surface area (Å²) in [5, 5.41) is 16.4. The Labute approximate surface area is 112 Å². The number of thiazole rings is 1. The van der Waals surface area contributed by atoms with Gasteiger partial charge in [0.25, 0.3) is 0 Å². The van der Waals surface area contributed by atoms with Gasteiger partial charge in [0.1, 0.15) is 10.8 Å². The first-order chi connectivity index (χ1) is 8.56. The van der Waals surface area contributed by atoms with Crippen LogP contribution in [0, 0.1) is 13.8 Å². The van der Waals surface area contributed by atoms with Crippen LogP contribution in [0.15, 0.2) is 23.6 Å². The zero-order valence-electron chi connectivity index (χ0n) is 10.9. The van der Waals surface area contributed by atoms with E-state index < -0.39 is 0 Å². The minimum atomic E-state index is 0.106. The third-order valence-electron chi connectivity index (χ3n) is 2.88. The van der Waals surface area contributed by atoms with Gasteiger partial charge in [-0.25, -0.2) is 4.98 Å². The molecule has 4 heteroatoms. The summed E-state index contributed by atoms with van der Waals surface area (Å²) >= 11 is 1.66. The van der Waals surface area contributed by atoms with E-state index in [0.717, 1.165) is 28.4 Å². The molecule has 0 saturated heterocycles. The molecule has 0 radical (unpaired) electrons. The van der Waals surface area contributed by atoms with E-state index in [4.69, 9.17) is 0 Å². The highest BCUT2D eigenvalue weighted by molar-refractivity contribution is 7.09. The number of aromatic hydroxyl groups is 1. The second kappa shape index (κ2) is 5.50. The van der Waals surface area contributed by atoms with Crippen LogP contribution in [0.3, 0.4) is 0 Å². The van der Waals surface area contributed by atoms with Gasteiger partial charge in [-0.3, -0.25) is 0 Å². The zero-order chi connectivity index (χ0) is 13.1. The Bertz CT molecular complexity index is 536. The quantitative estimate of drug-likeness (QED) is 0.888. The molecule has 0 fully saturated rings. The van der Waals surface area contributed by atoms with Gasteiger partial charge in [-0.1, -0.05) is 12.1 Å². The van der Waals surface area contributed by atoms with Gasteiger partial charge in [0.05, 0.1) is 0 Å². The fourth-order valence-corrected chi connectivity index (χ4v) is 2.58. The summed E-state index contributed by atoms with van der Waals surface area (Å²) in [6, 6.07) is 5.88. The minimum Gasteiger partial charge on any atom is -0.508 e. The Kier molecular flexibility index (Phi) is 3.99. The molecule has 1 aromatic heterocycles. The SMILES string of the molecule is Cc1ccc(C(C)NCc2nc(C)cs2)c(O)c1. The summed E-state index contributed by atoms with van der Waals surface area (Å²) in [7, 11) is 0. The predicted octanol–water partition coefficient (Wildman–Crippen LogP) is 3.32. The first-order valence-corrected chi connectivity index (χ1v) is 6.88. The van der Waals surface area contributed by atoms with Crippen molar-refractivity contribution >= 4 is 11.3 Å². The first-order valence-electron chi connectivity index (χ1n) is 6.00. The lowest BCUT2D eigenvalue weighted by atomic mass is 10.1. The summed E-state index contributed by atoms with van der Waals surface area (Å²) < 4.78 is 0. The molecule has 2 N–H and O–H groups in total. The largest absolute Gasteiger partial charge is 0.508 e. The van der Waals surface area contributed by atoms with Crippen molar-refractivity contribution in [3.63, 3.8) is 0 Å². The highest BCUT2D eigenvalue weighted by atomic mass is 32.1. The molecule has 0 aliphatic rings. The minimum absolute atomic E-state index is 0.106. The number of phenolic OH excluding ortho intramolecular Hbond substituents is 1. The zero-order valence-corrected chi connectivity index (χ0v) is 11.7. The topological polar surface area (TPSA) is 45.2 Å². The fraction of sp³-hybridized carbons (Fsp3) is 0.357. The highest BCUT2D eigenvalue weighted by Gasteiger charge is 2.10. The van der Waals surface area contributed by atoms with Gasteiger partial charge in [-0.15, -0.1) is 11.3 Å². The van der Waals surface area contributed by atoms with Crippen LogP contribution in [-0.2, 0) is 6.54 Å². The molecule has 0 bridgehead atoms. The maximum absolute atomic E-state index is 9.91. The van der Waals surface area contributed by atoms with Gasteiger partial charge in [0.15, 0.2) is 0 Å². The van der Waals surface area contributed by atoms with E-state index in [1.54, 1.807) is 17.4 Å². The molecule has 1 atom stereocenters. The Hall–Kier alpha value is -1.39. The lowest BCUT2D eigenvalue weighted by Gasteiger charge is -2.15. The summed E-state index contributed by atoms with van der Waals surface area (Å²) in [4.78, 5) is 4.41. The summed E-state index contributed by atoms with van der Waals surface area (Å²) in [5.74, 6) is 0.352. The molecule has 3 nitrogen and oxygen atoms in total. The number of rotatable bonds is 4. The van der Waals surface area contributed by atoms with E-state index in [9.17, 15) is 5.11 Å². The van der Waals surface area contributed by atoms with Crippen molar-refractivity contribution in [3.8, 4) is 5.75 Å². The Morgan fingerprint density at radius 2 is 2.17 bits per heavy atom. The molecule has 0 amide bonds. The van der Waals surface area contributed by atoms with Crippen LogP contribution < -0.4 is 5.32 Å². The van der Waals surface area contributed by atoms with Crippen molar-refractivity contribution in [3.05, 3.63) is 45.4 Å². The van der Waals surface area contributed by atoms with Crippen LogP contribution >= 0.6 is 11.3 Å². The Morgan fingerprint density at radius 3 is 2.78 bits per heavy atom. The molecule has 0 spiro atoms. The fourth-order valence-electron chi connectivity index (χ4n) is 1.85. The molecule has 18 heavy (non-hydrogen) atoms. The van der Waals surface area contributed by atoms with Crippen LogP contribution in [0.5, 0.6) is 5.75 Å². The maximum atomic E-state index is 9.91. The molecule has 1 heterocycles. The van der Waals surface area contributed by atoms with Crippen molar-refractivity contribution in [2.45, 2.75) is 33.4 Å². The average molecular weight is 262 g/mol. The summed E-state index contributed by atoms with van der Waals surface area (Å²) in [6.45, 7) is 6.74. The number of hydrogen-bond donors (Lipinski definition) is 2. The molecule has 1 aromatic carbocycles. The van der Waals surface area contributed by atoms with Gasteiger partial charge >= 0.3 is 0 Å². The summed E-state index contributed by atoms with van der Waals surface area (Å²) in [5.41, 5.74) is 3.05. The molecule has 1 unspecified atom stereocenters. The van der Waals surface area contributed by atoms with Crippen molar-refractivity contribution in [2.75, 3.05) is 0 Å². The second-order valence-electron chi connectivity index (χ2n) is 4.55. The molecule has 0 aliphatic heterocycles. The van der Waals surface area contributed by atoms with Crippen molar-refractivity contribution < 1.29 is 5.11 Å². The second-order valence-corrected chi connectivity index (χ2v) is 5.49. The van der Waals surface area contributed by atoms with E-state index >= 15 is 0 Å². The van der Waals surface area contributed by atoms with Crippen LogP contribution in [0.25, 0.3) is 0 Å². The molecular weight excluding hydrogens is 244 g/mol. The third-order valence-corrected chi connectivity index (χ3v) is 3.85. The number of hydrogen-bond acceptors (Lipinski definition) is 4. The summed E-state index contributed by atoms with van der Waals surface area (Å²) in [6.07, 6.45) is 0. The van der Waals surface area contributed by atoms with Crippen LogP contribution in [0.2, 0.25) is 0 Å². The maximum Gasteiger partial charge on any atom is 0.120 e. The van der Waals surface area contributed by atoms with E-state index in [-0.39, 0.29) is 6.04 Å². The van der Waals surface area contributed by atoms with E-state index in [2.05, 4.69) is 10.3 Å². The molecule has 96 valence electrons. The lowest BCUT2D eigenvalue weighted by molar-refractivity contribution is 0.452. The Morgan fingerprint density at radius 1 is 1.39 bits per heavy atom. The number of aryl methyl sites for hydroxylation is 2. The lowest BCUT2D eigenvalue weighted by Crippen LogP contribution is -2.18. The van der Waals surface area contributed by atoms with Crippen LogP contribution in [0.1, 0.15) is 34.8 Å². The van der Waals surface area contributed by atoms with E-state index in [1.165, 1.54) is 0 Å². The average Bonchev–Trinajstić information content (AvgIpc) is 2.72. The number of aromatic nitrogens is 1. The molecular formula is C14H18N2OS. The third kappa shape index (κ3) is 3.09.